The lowest BCUT2D eigenvalue weighted by Gasteiger charge is -2.38. The lowest BCUT2D eigenvalue weighted by Crippen LogP contribution is -2.48. The summed E-state index contributed by atoms with van der Waals surface area (Å²) in [7, 11) is 0. The van der Waals surface area contributed by atoms with Crippen molar-refractivity contribution >= 4 is 17.5 Å². The van der Waals surface area contributed by atoms with Gasteiger partial charge in [0.2, 0.25) is 5.91 Å². The zero-order chi connectivity index (χ0) is 36.7. The second kappa shape index (κ2) is 15.4. The molecule has 2 amide bonds. The highest BCUT2D eigenvalue weighted by molar-refractivity contribution is 5.98. The minimum absolute atomic E-state index is 0.0294. The fraction of sp³-hybridized carbons (Fsp3) is 0.205. The van der Waals surface area contributed by atoms with E-state index >= 15 is 0 Å². The largest absolute Gasteiger partial charge is 0.504 e. The number of nitro groups is 1. The summed E-state index contributed by atoms with van der Waals surface area (Å²) in [4.78, 5) is 42.4. The van der Waals surface area contributed by atoms with Crippen molar-refractivity contribution in [1.82, 2.24) is 20.2 Å². The maximum atomic E-state index is 13.7. The van der Waals surface area contributed by atoms with E-state index in [4.69, 9.17) is 4.98 Å². The van der Waals surface area contributed by atoms with Crippen LogP contribution in [0.1, 0.15) is 52.2 Å². The van der Waals surface area contributed by atoms with E-state index in [-0.39, 0.29) is 30.0 Å². The van der Waals surface area contributed by atoms with Gasteiger partial charge in [-0.15, -0.1) is 0 Å². The van der Waals surface area contributed by atoms with Gasteiger partial charge in [0.05, 0.1) is 16.9 Å². The van der Waals surface area contributed by atoms with E-state index in [1.54, 1.807) is 12.4 Å². The van der Waals surface area contributed by atoms with Crippen LogP contribution in [0.25, 0.3) is 0 Å². The van der Waals surface area contributed by atoms with Crippen LogP contribution in [0.3, 0.4) is 0 Å². The number of carbonyl (C=O) groups excluding carboxylic acids is 2. The number of phenolic OH excluding ortho intramolecular Hbond substituents is 3. The van der Waals surface area contributed by atoms with Crippen LogP contribution in [0, 0.1) is 17.0 Å². The fourth-order valence-electron chi connectivity index (χ4n) is 6.11. The van der Waals surface area contributed by atoms with Gasteiger partial charge in [0.25, 0.3) is 5.91 Å². The summed E-state index contributed by atoms with van der Waals surface area (Å²) in [6.45, 7) is 6.19. The van der Waals surface area contributed by atoms with Gasteiger partial charge in [-0.1, -0.05) is 72.3 Å². The Kier molecular flexibility index (Phi) is 10.8. The number of aromatic nitrogens is 2. The number of imidazole rings is 1. The first kappa shape index (κ1) is 35.9. The van der Waals surface area contributed by atoms with Crippen molar-refractivity contribution in [3.05, 3.63) is 159 Å². The van der Waals surface area contributed by atoms with E-state index in [0.717, 1.165) is 34.4 Å². The summed E-state index contributed by atoms with van der Waals surface area (Å²) in [5, 5.41) is 46.3. The van der Waals surface area contributed by atoms with E-state index in [9.17, 15) is 35.0 Å². The number of hydrogen-bond donors (Lipinski definition) is 5. The number of benzene rings is 4. The Morgan fingerprint density at radius 1 is 0.941 bits per heavy atom. The van der Waals surface area contributed by atoms with E-state index in [0.29, 0.717) is 17.7 Å². The molecule has 0 spiro atoms. The van der Waals surface area contributed by atoms with Crippen LogP contribution in [0.5, 0.6) is 17.2 Å². The highest BCUT2D eigenvalue weighted by Gasteiger charge is 2.38. The van der Waals surface area contributed by atoms with Gasteiger partial charge in [-0.05, 0) is 73.7 Å². The van der Waals surface area contributed by atoms with E-state index in [2.05, 4.69) is 34.9 Å². The number of amides is 2. The number of aryl methyl sites for hydroxylation is 1. The smallest absolute Gasteiger partial charge is 0.311 e. The first-order chi connectivity index (χ1) is 24.4. The molecule has 0 saturated heterocycles. The number of phenols is 3. The number of allylic oxidation sites excluding steroid dienone is 2. The molecule has 51 heavy (non-hydrogen) atoms. The number of carbonyl (C=O) groups is 2. The van der Waals surface area contributed by atoms with Gasteiger partial charge in [-0.25, -0.2) is 4.98 Å². The molecule has 5 N–H and O–H groups in total. The van der Waals surface area contributed by atoms with Crippen LogP contribution in [0.2, 0.25) is 0 Å². The predicted molar refractivity (Wildman–Crippen MR) is 192 cm³/mol. The third kappa shape index (κ3) is 7.75. The number of nitrogens with one attached hydrogen (secondary N) is 2. The number of nitrogens with zero attached hydrogens (tertiary/aromatic N) is 3. The Balaban J connectivity index is 1.49. The van der Waals surface area contributed by atoms with Crippen molar-refractivity contribution < 1.29 is 29.8 Å². The highest BCUT2D eigenvalue weighted by atomic mass is 16.6. The molecule has 0 fully saturated rings. The third-order valence-electron chi connectivity index (χ3n) is 8.91. The van der Waals surface area contributed by atoms with E-state index in [1.807, 2.05) is 67.9 Å². The molecule has 0 aliphatic rings. The minimum atomic E-state index is -1.16. The summed E-state index contributed by atoms with van der Waals surface area (Å²) >= 11 is 0. The monoisotopic (exact) mass is 689 g/mol. The number of aromatic hydroxyl groups is 3. The van der Waals surface area contributed by atoms with Crippen molar-refractivity contribution in [3.8, 4) is 17.2 Å². The Morgan fingerprint density at radius 2 is 1.63 bits per heavy atom. The van der Waals surface area contributed by atoms with E-state index in [1.165, 1.54) is 18.2 Å². The average molecular weight is 690 g/mol. The molecule has 1 unspecified atom stereocenters. The number of hydrogen-bond acceptors (Lipinski definition) is 8. The maximum absolute atomic E-state index is 13.7. The van der Waals surface area contributed by atoms with Crippen molar-refractivity contribution in [2.45, 2.75) is 45.2 Å². The SMILES string of the molecule is C/C=C(\C)C(c1ccccc1)(c1ccc(C)cc1)n1cnc(C[C@H](NC(=O)c2ccc(O)c([N+](=O)[O-])c2)C(=O)NCCc2ccc(O)c(O)c2)c1. The molecule has 5 aromatic rings. The van der Waals surface area contributed by atoms with Gasteiger partial charge >= 0.3 is 5.69 Å². The molecule has 0 bridgehead atoms. The van der Waals surface area contributed by atoms with Crippen LogP contribution >= 0.6 is 0 Å². The van der Waals surface area contributed by atoms with E-state index < -0.39 is 39.8 Å². The van der Waals surface area contributed by atoms with Gasteiger partial charge in [0.1, 0.15) is 11.6 Å². The maximum Gasteiger partial charge on any atom is 0.311 e. The molecular formula is C39H39N5O7. The van der Waals surface area contributed by atoms with Gasteiger partial charge in [0, 0.05) is 30.8 Å². The molecule has 0 saturated carbocycles. The number of rotatable bonds is 13. The van der Waals surface area contributed by atoms with Crippen molar-refractivity contribution in [1.29, 1.82) is 0 Å². The standard InChI is InChI=1S/C39H39N5O7/c1-4-26(3)39(29-8-6-5-7-9-29,30-14-10-25(2)11-15-30)43-23-31(41-24-43)22-32(38(49)40-19-18-27-12-16-35(46)36(47)20-27)42-37(48)28-13-17-34(45)33(21-28)44(50)51/h4-17,20-21,23-24,32,45-47H,18-19,22H2,1-3H3,(H,40,49)(H,42,48)/b26-4+/t32-,39?/m0/s1. The zero-order valence-electron chi connectivity index (χ0n) is 28.4. The molecule has 0 radical (unpaired) electrons. The second-order valence-corrected chi connectivity index (χ2v) is 12.2. The molecule has 1 heterocycles. The lowest BCUT2D eigenvalue weighted by molar-refractivity contribution is -0.385. The van der Waals surface area contributed by atoms with Gasteiger partial charge in [-0.3, -0.25) is 19.7 Å². The molecule has 1 aromatic heterocycles. The Bertz CT molecular complexity index is 2080. The molecule has 12 nitrogen and oxygen atoms in total. The second-order valence-electron chi connectivity index (χ2n) is 12.2. The molecule has 5 rings (SSSR count). The minimum Gasteiger partial charge on any atom is -0.504 e. The van der Waals surface area contributed by atoms with Crippen LogP contribution in [-0.4, -0.2) is 54.2 Å². The van der Waals surface area contributed by atoms with Crippen LogP contribution in [0.15, 0.2) is 115 Å². The lowest BCUT2D eigenvalue weighted by atomic mass is 9.76. The average Bonchev–Trinajstić information content (AvgIpc) is 3.59. The quantitative estimate of drug-likeness (QED) is 0.0454. The topological polar surface area (TPSA) is 180 Å². The summed E-state index contributed by atoms with van der Waals surface area (Å²) in [6, 6.07) is 24.7. The molecule has 4 aromatic carbocycles. The first-order valence-corrected chi connectivity index (χ1v) is 16.3. The van der Waals surface area contributed by atoms with Crippen molar-refractivity contribution in [2.24, 2.45) is 0 Å². The summed E-state index contributed by atoms with van der Waals surface area (Å²) in [5.41, 5.74) is 3.72. The number of nitro benzene ring substituents is 1. The molecule has 262 valence electrons. The fourth-order valence-corrected chi connectivity index (χ4v) is 6.11. The van der Waals surface area contributed by atoms with Gasteiger partial charge in [0.15, 0.2) is 17.2 Å². The van der Waals surface area contributed by atoms with Crippen molar-refractivity contribution in [2.75, 3.05) is 6.54 Å². The normalized spacial score (nSPS) is 13.2. The zero-order valence-corrected chi connectivity index (χ0v) is 28.4. The molecule has 0 aliphatic carbocycles. The summed E-state index contributed by atoms with van der Waals surface area (Å²) < 4.78 is 2.00. The van der Waals surface area contributed by atoms with Gasteiger partial charge in [-0.2, -0.15) is 0 Å². The molecular weight excluding hydrogens is 650 g/mol. The van der Waals surface area contributed by atoms with Crippen molar-refractivity contribution in [3.63, 3.8) is 0 Å². The van der Waals surface area contributed by atoms with Crippen LogP contribution in [0.4, 0.5) is 5.69 Å². The Morgan fingerprint density at radius 3 is 2.29 bits per heavy atom. The van der Waals surface area contributed by atoms with Crippen LogP contribution in [-0.2, 0) is 23.2 Å². The Hall–Kier alpha value is -6.43. The molecule has 0 aliphatic heterocycles. The molecule has 12 heteroatoms. The predicted octanol–water partition coefficient (Wildman–Crippen LogP) is 5.67. The first-order valence-electron chi connectivity index (χ1n) is 16.3. The third-order valence-corrected chi connectivity index (χ3v) is 8.91. The summed E-state index contributed by atoms with van der Waals surface area (Å²) in [5.74, 6) is -2.44. The highest BCUT2D eigenvalue weighted by Crippen LogP contribution is 2.41. The van der Waals surface area contributed by atoms with Gasteiger partial charge < -0.3 is 30.5 Å². The Labute approximate surface area is 294 Å². The van der Waals surface area contributed by atoms with Crippen LogP contribution < -0.4 is 10.6 Å². The summed E-state index contributed by atoms with van der Waals surface area (Å²) in [6.07, 6.45) is 5.88. The molecule has 2 atom stereocenters.